The Labute approximate surface area is 122 Å². The van der Waals surface area contributed by atoms with Crippen molar-refractivity contribution in [2.45, 2.75) is 38.3 Å². The van der Waals surface area contributed by atoms with Gasteiger partial charge in [0, 0.05) is 38.1 Å². The van der Waals surface area contributed by atoms with Crippen molar-refractivity contribution >= 4 is 10.0 Å². The molecule has 1 N–H and O–H groups in total. The first-order valence-corrected chi connectivity index (χ1v) is 8.39. The fourth-order valence-electron chi connectivity index (χ4n) is 2.14. The highest BCUT2D eigenvalue weighted by molar-refractivity contribution is 7.89. The third-order valence-electron chi connectivity index (χ3n) is 3.10. The Kier molecular flexibility index (Phi) is 6.45. The maximum absolute atomic E-state index is 12.6. The van der Waals surface area contributed by atoms with Gasteiger partial charge >= 0.3 is 0 Å². The molecule has 0 amide bonds. The van der Waals surface area contributed by atoms with Crippen LogP contribution in [0, 0.1) is 0 Å². The predicted molar refractivity (Wildman–Crippen MR) is 82.1 cm³/mol. The van der Waals surface area contributed by atoms with Crippen LogP contribution < -0.4 is 5.32 Å². The van der Waals surface area contributed by atoms with E-state index in [1.54, 1.807) is 18.3 Å². The normalized spacial score (nSPS) is 12.0. The summed E-state index contributed by atoms with van der Waals surface area (Å²) < 4.78 is 28.7. The summed E-state index contributed by atoms with van der Waals surface area (Å²) in [4.78, 5) is 0.361. The standard InChI is InChI=1S/C14H25N3O2S/c1-5-8-17(9-6-2)20(18,19)14-10-13(11-15-4)16(7-3)12-14/h5,10,12,15H,1,6-9,11H2,2-4H3. The summed E-state index contributed by atoms with van der Waals surface area (Å²) in [5, 5.41) is 3.06. The molecule has 0 atom stereocenters. The van der Waals surface area contributed by atoms with Crippen molar-refractivity contribution < 1.29 is 8.42 Å². The van der Waals surface area contributed by atoms with Gasteiger partial charge in [-0.3, -0.25) is 0 Å². The van der Waals surface area contributed by atoms with Crippen LogP contribution in [0.2, 0.25) is 0 Å². The highest BCUT2D eigenvalue weighted by atomic mass is 32.2. The van der Waals surface area contributed by atoms with Gasteiger partial charge < -0.3 is 9.88 Å². The van der Waals surface area contributed by atoms with Crippen molar-refractivity contribution in [3.05, 3.63) is 30.6 Å². The van der Waals surface area contributed by atoms with E-state index in [-0.39, 0.29) is 0 Å². The number of hydrogen-bond acceptors (Lipinski definition) is 3. The number of nitrogens with one attached hydrogen (secondary N) is 1. The lowest BCUT2D eigenvalue weighted by atomic mass is 10.4. The Morgan fingerprint density at radius 3 is 2.65 bits per heavy atom. The minimum absolute atomic E-state index is 0.342. The maximum atomic E-state index is 12.6. The molecule has 0 fully saturated rings. The molecule has 1 aromatic rings. The van der Waals surface area contributed by atoms with Crippen molar-refractivity contribution in [1.29, 1.82) is 0 Å². The molecule has 0 unspecified atom stereocenters. The summed E-state index contributed by atoms with van der Waals surface area (Å²) in [5.41, 5.74) is 0.976. The second kappa shape index (κ2) is 7.61. The Morgan fingerprint density at radius 1 is 1.45 bits per heavy atom. The molecule has 0 aliphatic carbocycles. The van der Waals surface area contributed by atoms with Crippen LogP contribution in [0.15, 0.2) is 29.8 Å². The van der Waals surface area contributed by atoms with Gasteiger partial charge in [-0.05, 0) is 26.5 Å². The zero-order chi connectivity index (χ0) is 15.2. The summed E-state index contributed by atoms with van der Waals surface area (Å²) in [6.45, 7) is 9.86. The van der Waals surface area contributed by atoms with E-state index in [4.69, 9.17) is 0 Å². The number of hydrogen-bond donors (Lipinski definition) is 1. The molecule has 0 radical (unpaired) electrons. The average molecular weight is 299 g/mol. The molecule has 5 nitrogen and oxygen atoms in total. The smallest absolute Gasteiger partial charge is 0.244 e. The van der Waals surface area contributed by atoms with Gasteiger partial charge in [-0.25, -0.2) is 8.42 Å². The molecule has 6 heteroatoms. The lowest BCUT2D eigenvalue weighted by molar-refractivity contribution is 0.441. The minimum Gasteiger partial charge on any atom is -0.349 e. The highest BCUT2D eigenvalue weighted by Gasteiger charge is 2.24. The first kappa shape index (κ1) is 16.9. The molecule has 0 aliphatic heterocycles. The van der Waals surface area contributed by atoms with E-state index < -0.39 is 10.0 Å². The quantitative estimate of drug-likeness (QED) is 0.708. The SMILES string of the molecule is C=CCN(CCC)S(=O)(=O)c1cc(CNC)n(CC)c1. The lowest BCUT2D eigenvalue weighted by Crippen LogP contribution is -2.31. The molecule has 1 rings (SSSR count). The van der Waals surface area contributed by atoms with Crippen LogP contribution in [0.3, 0.4) is 0 Å². The van der Waals surface area contributed by atoms with Crippen LogP contribution in [0.4, 0.5) is 0 Å². The molecular formula is C14H25N3O2S. The fourth-order valence-corrected chi connectivity index (χ4v) is 3.71. The predicted octanol–water partition coefficient (Wildman–Crippen LogP) is 1.81. The molecule has 0 bridgehead atoms. The second-order valence-corrected chi connectivity index (χ2v) is 6.57. The number of sulfonamides is 1. The number of aromatic nitrogens is 1. The van der Waals surface area contributed by atoms with Crippen LogP contribution in [0.25, 0.3) is 0 Å². The topological polar surface area (TPSA) is 54.3 Å². The summed E-state index contributed by atoms with van der Waals surface area (Å²) in [6.07, 6.45) is 4.12. The van der Waals surface area contributed by atoms with E-state index in [9.17, 15) is 8.42 Å². The van der Waals surface area contributed by atoms with Crippen LogP contribution in [-0.4, -0.2) is 37.4 Å². The van der Waals surface area contributed by atoms with E-state index >= 15 is 0 Å². The summed E-state index contributed by atoms with van der Waals surface area (Å²) in [5.74, 6) is 0. The fraction of sp³-hybridized carbons (Fsp3) is 0.571. The summed E-state index contributed by atoms with van der Waals surface area (Å²) >= 11 is 0. The van der Waals surface area contributed by atoms with Crippen LogP contribution in [0.1, 0.15) is 26.0 Å². The van der Waals surface area contributed by atoms with Crippen molar-refractivity contribution in [1.82, 2.24) is 14.2 Å². The number of rotatable bonds is 9. The van der Waals surface area contributed by atoms with E-state index in [0.717, 1.165) is 18.7 Å². The molecule has 114 valence electrons. The molecule has 0 saturated carbocycles. The average Bonchev–Trinajstić information content (AvgIpc) is 2.83. The molecule has 1 aromatic heterocycles. The van der Waals surface area contributed by atoms with Gasteiger partial charge in [0.05, 0.1) is 0 Å². The minimum atomic E-state index is -3.44. The Balaban J connectivity index is 3.15. The zero-order valence-corrected chi connectivity index (χ0v) is 13.4. The maximum Gasteiger partial charge on any atom is 0.244 e. The Bertz CT molecular complexity index is 535. The molecule has 0 aliphatic rings. The first-order valence-electron chi connectivity index (χ1n) is 6.95. The van der Waals surface area contributed by atoms with Crippen LogP contribution >= 0.6 is 0 Å². The molecular weight excluding hydrogens is 274 g/mol. The van der Waals surface area contributed by atoms with Gasteiger partial charge in [-0.2, -0.15) is 4.31 Å². The van der Waals surface area contributed by atoms with E-state index in [1.807, 2.05) is 25.5 Å². The number of nitrogens with zero attached hydrogens (tertiary/aromatic N) is 2. The van der Waals surface area contributed by atoms with Crippen molar-refractivity contribution in [3.8, 4) is 0 Å². The van der Waals surface area contributed by atoms with Crippen molar-refractivity contribution in [3.63, 3.8) is 0 Å². The van der Waals surface area contributed by atoms with Crippen LogP contribution in [-0.2, 0) is 23.1 Å². The van der Waals surface area contributed by atoms with Gasteiger partial charge in [0.15, 0.2) is 0 Å². The summed E-state index contributed by atoms with van der Waals surface area (Å²) in [7, 11) is -1.59. The zero-order valence-electron chi connectivity index (χ0n) is 12.6. The van der Waals surface area contributed by atoms with Crippen molar-refractivity contribution in [2.75, 3.05) is 20.1 Å². The van der Waals surface area contributed by atoms with Crippen molar-refractivity contribution in [2.24, 2.45) is 0 Å². The van der Waals surface area contributed by atoms with E-state index in [0.29, 0.717) is 24.5 Å². The number of aryl methyl sites for hydroxylation is 1. The Hall–Kier alpha value is -1.11. The van der Waals surface area contributed by atoms with Gasteiger partial charge in [-0.15, -0.1) is 6.58 Å². The van der Waals surface area contributed by atoms with E-state index in [2.05, 4.69) is 11.9 Å². The van der Waals surface area contributed by atoms with Gasteiger partial charge in [0.1, 0.15) is 4.90 Å². The molecule has 1 heterocycles. The van der Waals surface area contributed by atoms with E-state index in [1.165, 1.54) is 4.31 Å². The van der Waals surface area contributed by atoms with Gasteiger partial charge in [0.2, 0.25) is 10.0 Å². The van der Waals surface area contributed by atoms with Crippen LogP contribution in [0.5, 0.6) is 0 Å². The molecule has 0 saturated heterocycles. The monoisotopic (exact) mass is 299 g/mol. The molecule has 0 spiro atoms. The molecule has 20 heavy (non-hydrogen) atoms. The Morgan fingerprint density at radius 2 is 2.15 bits per heavy atom. The summed E-state index contributed by atoms with van der Waals surface area (Å²) in [6, 6.07) is 1.75. The lowest BCUT2D eigenvalue weighted by Gasteiger charge is -2.19. The highest BCUT2D eigenvalue weighted by Crippen LogP contribution is 2.19. The third-order valence-corrected chi connectivity index (χ3v) is 4.93. The first-order chi connectivity index (χ1) is 9.51. The third kappa shape index (κ3) is 3.71. The second-order valence-electron chi connectivity index (χ2n) is 4.64. The van der Waals surface area contributed by atoms with Gasteiger partial charge in [0.25, 0.3) is 0 Å². The van der Waals surface area contributed by atoms with Gasteiger partial charge in [-0.1, -0.05) is 13.0 Å². The largest absolute Gasteiger partial charge is 0.349 e. The molecule has 0 aromatic carbocycles.